The molecule has 19 heavy (non-hydrogen) atoms. The summed E-state index contributed by atoms with van der Waals surface area (Å²) in [6.45, 7) is 3.82. The molecule has 0 aromatic rings. The molecule has 0 radical (unpaired) electrons. The molecule has 0 bridgehead atoms. The zero-order chi connectivity index (χ0) is 13.7. The van der Waals surface area contributed by atoms with E-state index in [1.165, 1.54) is 19.3 Å². The van der Waals surface area contributed by atoms with E-state index in [0.717, 1.165) is 57.7 Å². The molecule has 110 valence electrons. The second-order valence-corrected chi connectivity index (χ2v) is 6.60. The van der Waals surface area contributed by atoms with Crippen LogP contribution in [0, 0.1) is 17.3 Å². The Kier molecular flexibility index (Phi) is 5.26. The van der Waals surface area contributed by atoms with Crippen molar-refractivity contribution in [2.45, 2.75) is 64.7 Å². The number of carboxylic acid groups (broad SMARTS) is 1. The number of unbranched alkanes of at least 4 members (excludes halogenated alkanes) is 1. The summed E-state index contributed by atoms with van der Waals surface area (Å²) in [5.41, 5.74) is -0.443. The van der Waals surface area contributed by atoms with Crippen molar-refractivity contribution in [3.8, 4) is 0 Å². The summed E-state index contributed by atoms with van der Waals surface area (Å²) in [7, 11) is 0. The zero-order valence-electron chi connectivity index (χ0n) is 12.2. The average Bonchev–Trinajstić information content (AvgIpc) is 2.90. The number of hydrogen-bond acceptors (Lipinski definition) is 2. The van der Waals surface area contributed by atoms with Gasteiger partial charge in [-0.05, 0) is 50.4 Å². The Morgan fingerprint density at radius 2 is 2.00 bits per heavy atom. The number of ether oxygens (including phenoxy) is 1. The minimum atomic E-state index is -0.562. The summed E-state index contributed by atoms with van der Waals surface area (Å²) < 4.78 is 5.40. The van der Waals surface area contributed by atoms with E-state index in [2.05, 4.69) is 6.92 Å². The van der Waals surface area contributed by atoms with Gasteiger partial charge in [-0.2, -0.15) is 0 Å². The highest BCUT2D eigenvalue weighted by atomic mass is 16.5. The summed E-state index contributed by atoms with van der Waals surface area (Å²) in [6, 6.07) is 0. The Bertz CT molecular complexity index is 286. The fourth-order valence-corrected chi connectivity index (χ4v) is 3.81. The maximum atomic E-state index is 11.7. The first-order chi connectivity index (χ1) is 9.16. The smallest absolute Gasteiger partial charge is 0.309 e. The van der Waals surface area contributed by atoms with Gasteiger partial charge < -0.3 is 9.84 Å². The second-order valence-electron chi connectivity index (χ2n) is 6.60. The van der Waals surface area contributed by atoms with Gasteiger partial charge in [-0.15, -0.1) is 0 Å². The van der Waals surface area contributed by atoms with Crippen molar-refractivity contribution in [2.75, 3.05) is 13.2 Å². The van der Waals surface area contributed by atoms with E-state index in [0.29, 0.717) is 5.92 Å². The molecule has 1 N–H and O–H groups in total. The van der Waals surface area contributed by atoms with Crippen molar-refractivity contribution in [3.05, 3.63) is 0 Å². The molecule has 2 rings (SSSR count). The number of hydrogen-bond donors (Lipinski definition) is 1. The fraction of sp³-hybridized carbons (Fsp3) is 0.938. The largest absolute Gasteiger partial charge is 0.481 e. The Hall–Kier alpha value is -0.570. The predicted octanol–water partition coefficient (Wildman–Crippen LogP) is 3.86. The molecule has 0 aromatic heterocycles. The number of rotatable bonds is 6. The van der Waals surface area contributed by atoms with Gasteiger partial charge in [-0.1, -0.05) is 26.2 Å². The van der Waals surface area contributed by atoms with E-state index in [-0.39, 0.29) is 0 Å². The van der Waals surface area contributed by atoms with Gasteiger partial charge in [0.05, 0.1) is 5.41 Å². The average molecular weight is 268 g/mol. The van der Waals surface area contributed by atoms with Crippen molar-refractivity contribution in [1.29, 1.82) is 0 Å². The van der Waals surface area contributed by atoms with E-state index < -0.39 is 11.4 Å². The van der Waals surface area contributed by atoms with Gasteiger partial charge >= 0.3 is 5.97 Å². The predicted molar refractivity (Wildman–Crippen MR) is 75.1 cm³/mol. The number of carboxylic acids is 1. The van der Waals surface area contributed by atoms with Crippen LogP contribution in [0.1, 0.15) is 64.7 Å². The molecule has 0 aromatic carbocycles. The minimum Gasteiger partial charge on any atom is -0.481 e. The normalized spacial score (nSPS) is 35.4. The number of carbonyl (C=O) groups is 1. The van der Waals surface area contributed by atoms with Gasteiger partial charge in [0.15, 0.2) is 0 Å². The lowest BCUT2D eigenvalue weighted by molar-refractivity contribution is -0.153. The maximum Gasteiger partial charge on any atom is 0.309 e. The summed E-state index contributed by atoms with van der Waals surface area (Å²) >= 11 is 0. The molecule has 3 heteroatoms. The van der Waals surface area contributed by atoms with Crippen LogP contribution in [0.15, 0.2) is 0 Å². The topological polar surface area (TPSA) is 46.5 Å². The van der Waals surface area contributed by atoms with Crippen molar-refractivity contribution in [1.82, 2.24) is 0 Å². The van der Waals surface area contributed by atoms with E-state index in [1.807, 2.05) is 0 Å². The lowest BCUT2D eigenvalue weighted by atomic mass is 9.65. The van der Waals surface area contributed by atoms with Gasteiger partial charge in [-0.25, -0.2) is 0 Å². The quantitative estimate of drug-likeness (QED) is 0.795. The summed E-state index contributed by atoms with van der Waals surface area (Å²) in [5.74, 6) is 0.684. The van der Waals surface area contributed by atoms with Crippen LogP contribution in [-0.4, -0.2) is 24.3 Å². The van der Waals surface area contributed by atoms with Crippen LogP contribution < -0.4 is 0 Å². The van der Waals surface area contributed by atoms with Crippen LogP contribution >= 0.6 is 0 Å². The molecule has 1 heterocycles. The first-order valence-corrected chi connectivity index (χ1v) is 7.97. The van der Waals surface area contributed by atoms with E-state index >= 15 is 0 Å². The van der Waals surface area contributed by atoms with E-state index in [9.17, 15) is 9.90 Å². The van der Waals surface area contributed by atoms with E-state index in [4.69, 9.17) is 4.74 Å². The Morgan fingerprint density at radius 1 is 1.26 bits per heavy atom. The molecular formula is C16H28O3. The van der Waals surface area contributed by atoms with Gasteiger partial charge in [-0.3, -0.25) is 4.79 Å². The summed E-state index contributed by atoms with van der Waals surface area (Å²) in [6.07, 6.45) is 9.71. The fourth-order valence-electron chi connectivity index (χ4n) is 3.81. The van der Waals surface area contributed by atoms with Gasteiger partial charge in [0.1, 0.15) is 0 Å². The molecule has 1 atom stereocenters. The van der Waals surface area contributed by atoms with Crippen LogP contribution in [0.25, 0.3) is 0 Å². The first-order valence-electron chi connectivity index (χ1n) is 7.97. The Morgan fingerprint density at radius 3 is 2.53 bits per heavy atom. The molecule has 3 nitrogen and oxygen atoms in total. The van der Waals surface area contributed by atoms with Crippen LogP contribution in [0.3, 0.4) is 0 Å². The third kappa shape index (κ3) is 3.71. The van der Waals surface area contributed by atoms with Crippen LogP contribution in [0.5, 0.6) is 0 Å². The minimum absolute atomic E-state index is 0.443. The molecule has 1 aliphatic carbocycles. The molecule has 0 amide bonds. The molecule has 1 aliphatic heterocycles. The van der Waals surface area contributed by atoms with E-state index in [1.54, 1.807) is 0 Å². The lowest BCUT2D eigenvalue weighted by Crippen LogP contribution is -2.37. The summed E-state index contributed by atoms with van der Waals surface area (Å²) in [5, 5.41) is 9.67. The van der Waals surface area contributed by atoms with Crippen molar-refractivity contribution in [3.63, 3.8) is 0 Å². The highest BCUT2D eigenvalue weighted by molar-refractivity contribution is 5.74. The monoisotopic (exact) mass is 268 g/mol. The van der Waals surface area contributed by atoms with Crippen molar-refractivity contribution >= 4 is 5.97 Å². The first kappa shape index (κ1) is 14.8. The molecule has 2 fully saturated rings. The molecule has 1 saturated carbocycles. The number of aliphatic carboxylic acids is 1. The van der Waals surface area contributed by atoms with Crippen molar-refractivity contribution < 1.29 is 14.6 Å². The van der Waals surface area contributed by atoms with Crippen LogP contribution in [0.2, 0.25) is 0 Å². The molecular weight excluding hydrogens is 240 g/mol. The second kappa shape index (κ2) is 6.74. The zero-order valence-corrected chi connectivity index (χ0v) is 12.2. The summed E-state index contributed by atoms with van der Waals surface area (Å²) in [4.78, 5) is 11.7. The van der Waals surface area contributed by atoms with Gasteiger partial charge in [0.2, 0.25) is 0 Å². The molecule has 1 saturated heterocycles. The Balaban J connectivity index is 1.89. The maximum absolute atomic E-state index is 11.7. The van der Waals surface area contributed by atoms with Gasteiger partial charge in [0, 0.05) is 13.2 Å². The molecule has 0 spiro atoms. The SMILES string of the molecule is CCCCC1CCC(CC2CCOC2)(C(=O)O)CC1. The third-order valence-electron chi connectivity index (χ3n) is 5.19. The van der Waals surface area contributed by atoms with Gasteiger partial charge in [0.25, 0.3) is 0 Å². The third-order valence-corrected chi connectivity index (χ3v) is 5.19. The van der Waals surface area contributed by atoms with Crippen molar-refractivity contribution in [2.24, 2.45) is 17.3 Å². The highest BCUT2D eigenvalue weighted by Crippen LogP contribution is 2.46. The highest BCUT2D eigenvalue weighted by Gasteiger charge is 2.43. The molecule has 2 aliphatic rings. The lowest BCUT2D eigenvalue weighted by Gasteiger charge is -2.38. The Labute approximate surface area is 116 Å². The van der Waals surface area contributed by atoms with Crippen LogP contribution in [0.4, 0.5) is 0 Å². The molecule has 1 unspecified atom stereocenters. The van der Waals surface area contributed by atoms with Crippen LogP contribution in [-0.2, 0) is 9.53 Å². The standard InChI is InChI=1S/C16H28O3/c1-2-3-4-13-5-8-16(9-6-13,15(17)18)11-14-7-10-19-12-14/h13-14H,2-12H2,1H3,(H,17,18).